The second kappa shape index (κ2) is 17.4. The van der Waals surface area contributed by atoms with E-state index in [1.807, 2.05) is 6.07 Å². The summed E-state index contributed by atoms with van der Waals surface area (Å²) in [5.74, 6) is 0. The van der Waals surface area contributed by atoms with Gasteiger partial charge in [0.15, 0.2) is 5.58 Å². The molecule has 15 rings (SSSR count). The summed E-state index contributed by atoms with van der Waals surface area (Å²) in [4.78, 5) is 2.32. The molecule has 15 aromatic rings. The predicted octanol–water partition coefficient (Wildman–Crippen LogP) is 20.3. The van der Waals surface area contributed by atoms with Gasteiger partial charge >= 0.3 is 0 Å². The van der Waals surface area contributed by atoms with Crippen LogP contribution in [-0.2, 0) is 0 Å². The largest absolute Gasteiger partial charge is 0.454 e. The number of hydrogen-bond acceptors (Lipinski definition) is 2. The fourth-order valence-electron chi connectivity index (χ4n) is 11.8. The number of fused-ring (bicyclic) bond motifs is 12. The third kappa shape index (κ3) is 7.12. The molecule has 0 aliphatic rings. The van der Waals surface area contributed by atoms with E-state index in [9.17, 15) is 0 Å². The van der Waals surface area contributed by atoms with E-state index in [-0.39, 0.29) is 0 Å². The van der Waals surface area contributed by atoms with E-state index < -0.39 is 0 Å². The molecule has 0 aliphatic carbocycles. The molecule has 0 spiro atoms. The van der Waals surface area contributed by atoms with Crippen LogP contribution in [0.5, 0.6) is 0 Å². The first-order chi connectivity index (χ1) is 37.2. The lowest BCUT2D eigenvalue weighted by Crippen LogP contribution is -2.10. The summed E-state index contributed by atoms with van der Waals surface area (Å²) in [7, 11) is 0. The number of nitrogens with zero attached hydrogens (tertiary/aromatic N) is 2. The number of aromatic nitrogens is 1. The average Bonchev–Trinajstić information content (AvgIpc) is 4.04. The first-order valence-corrected chi connectivity index (χ1v) is 25.7. The zero-order valence-electron chi connectivity index (χ0n) is 40.9. The fraction of sp³-hybridized carbons (Fsp3) is 0. The molecule has 350 valence electrons. The van der Waals surface area contributed by atoms with E-state index in [0.29, 0.717) is 0 Å². The number of furan rings is 1. The Morgan fingerprint density at radius 3 is 1.19 bits per heavy atom. The summed E-state index contributed by atoms with van der Waals surface area (Å²) >= 11 is 0. The number of hydrogen-bond donors (Lipinski definition) is 0. The van der Waals surface area contributed by atoms with Crippen LogP contribution in [0, 0.1) is 0 Å². The molecule has 13 aromatic carbocycles. The number of rotatable bonds is 8. The van der Waals surface area contributed by atoms with Crippen LogP contribution in [0.1, 0.15) is 0 Å². The van der Waals surface area contributed by atoms with Gasteiger partial charge < -0.3 is 13.9 Å². The molecule has 0 amide bonds. The van der Waals surface area contributed by atoms with Crippen LogP contribution in [0.3, 0.4) is 0 Å². The minimum Gasteiger partial charge on any atom is -0.454 e. The third-order valence-corrected chi connectivity index (χ3v) is 15.4. The molecule has 3 heteroatoms. The van der Waals surface area contributed by atoms with E-state index in [1.54, 1.807) is 0 Å². The Bertz CT molecular complexity index is 4630. The average molecular weight is 955 g/mol. The van der Waals surface area contributed by atoms with Crippen molar-refractivity contribution in [2.24, 2.45) is 0 Å². The van der Waals surface area contributed by atoms with Crippen molar-refractivity contribution in [1.82, 2.24) is 4.57 Å². The van der Waals surface area contributed by atoms with Gasteiger partial charge in [-0.3, -0.25) is 0 Å². The van der Waals surface area contributed by atoms with Gasteiger partial charge in [0.25, 0.3) is 0 Å². The molecule has 3 nitrogen and oxygen atoms in total. The maximum absolute atomic E-state index is 6.68. The van der Waals surface area contributed by atoms with Gasteiger partial charge in [0, 0.05) is 38.6 Å². The highest BCUT2D eigenvalue weighted by Gasteiger charge is 2.21. The minimum absolute atomic E-state index is 0.858. The van der Waals surface area contributed by atoms with Crippen molar-refractivity contribution in [3.63, 3.8) is 0 Å². The molecule has 0 saturated heterocycles. The molecule has 0 unspecified atom stereocenters. The van der Waals surface area contributed by atoms with Crippen molar-refractivity contribution in [2.75, 3.05) is 4.90 Å². The van der Waals surface area contributed by atoms with E-state index >= 15 is 0 Å². The van der Waals surface area contributed by atoms with Crippen molar-refractivity contribution in [1.29, 1.82) is 0 Å². The lowest BCUT2D eigenvalue weighted by Gasteiger charge is -2.26. The minimum atomic E-state index is 0.858. The lowest BCUT2D eigenvalue weighted by atomic mass is 9.94. The van der Waals surface area contributed by atoms with Gasteiger partial charge in [0.2, 0.25) is 0 Å². The van der Waals surface area contributed by atoms with Gasteiger partial charge in [-0.05, 0) is 150 Å². The molecule has 0 bridgehead atoms. The Balaban J connectivity index is 0.877. The third-order valence-electron chi connectivity index (χ3n) is 15.4. The Labute approximate surface area is 434 Å². The van der Waals surface area contributed by atoms with E-state index in [2.05, 4.69) is 282 Å². The fourth-order valence-corrected chi connectivity index (χ4v) is 11.8. The van der Waals surface area contributed by atoms with Gasteiger partial charge in [-0.25, -0.2) is 0 Å². The van der Waals surface area contributed by atoms with Crippen LogP contribution < -0.4 is 4.90 Å². The summed E-state index contributed by atoms with van der Waals surface area (Å²) in [5, 5.41) is 12.2. The maximum Gasteiger partial charge on any atom is 0.159 e. The van der Waals surface area contributed by atoms with Gasteiger partial charge in [0.05, 0.1) is 16.7 Å². The zero-order valence-corrected chi connectivity index (χ0v) is 40.9. The van der Waals surface area contributed by atoms with E-state index in [1.165, 1.54) is 82.0 Å². The zero-order chi connectivity index (χ0) is 49.4. The Morgan fingerprint density at radius 2 is 0.653 bits per heavy atom. The van der Waals surface area contributed by atoms with Crippen LogP contribution in [0.2, 0.25) is 0 Å². The first kappa shape index (κ1) is 42.7. The van der Waals surface area contributed by atoms with E-state index in [0.717, 1.165) is 61.3 Å². The normalized spacial score (nSPS) is 11.7. The smallest absolute Gasteiger partial charge is 0.159 e. The highest BCUT2D eigenvalue weighted by molar-refractivity contribution is 6.26. The quantitative estimate of drug-likeness (QED) is 0.142. The highest BCUT2D eigenvalue weighted by atomic mass is 16.3. The van der Waals surface area contributed by atoms with Crippen molar-refractivity contribution in [3.8, 4) is 50.2 Å². The maximum atomic E-state index is 6.68. The molecule has 2 aromatic heterocycles. The Morgan fingerprint density at radius 1 is 0.253 bits per heavy atom. The van der Waals surface area contributed by atoms with E-state index in [4.69, 9.17) is 4.42 Å². The van der Waals surface area contributed by atoms with Gasteiger partial charge in [-0.15, -0.1) is 0 Å². The summed E-state index contributed by atoms with van der Waals surface area (Å²) in [6.45, 7) is 0. The second-order valence-corrected chi connectivity index (χ2v) is 19.6. The number of para-hydroxylation sites is 2. The molecule has 0 atom stereocenters. The molecule has 2 heterocycles. The number of benzene rings is 13. The molecule has 0 saturated carbocycles. The van der Waals surface area contributed by atoms with Gasteiger partial charge in [0.1, 0.15) is 5.58 Å². The molecule has 0 fully saturated rings. The van der Waals surface area contributed by atoms with Crippen molar-refractivity contribution in [3.05, 3.63) is 279 Å². The first-order valence-electron chi connectivity index (χ1n) is 25.7. The standard InChI is InChI=1S/C72H46N2O/c1-3-14-47(15-4-1)49-26-28-51(29-27-49)53-34-42-68-66(44-53)67-45-54(35-43-69(67)74(68)57-40-41-62-60-20-8-7-18-58(60)59-19-9-10-21-61(59)65(62)46-57)52-32-38-56(39-33-52)73(55-36-30-50(31-37-55)48-16-5-2-6-17-48)70-24-13-23-64-63-22-11-12-25-71(63)75-72(64)70/h1-46H. The summed E-state index contributed by atoms with van der Waals surface area (Å²) in [6.07, 6.45) is 0. The molecular weight excluding hydrogens is 909 g/mol. The monoisotopic (exact) mass is 954 g/mol. The Kier molecular flexibility index (Phi) is 9.89. The molecule has 0 aliphatic heterocycles. The van der Waals surface area contributed by atoms with Crippen molar-refractivity contribution < 1.29 is 4.42 Å². The van der Waals surface area contributed by atoms with Crippen LogP contribution in [0.4, 0.5) is 17.1 Å². The van der Waals surface area contributed by atoms with Crippen LogP contribution >= 0.6 is 0 Å². The molecule has 0 N–H and O–H groups in total. The molecular formula is C72H46N2O. The highest BCUT2D eigenvalue weighted by Crippen LogP contribution is 2.45. The van der Waals surface area contributed by atoms with Gasteiger partial charge in [-0.1, -0.05) is 206 Å². The summed E-state index contributed by atoms with van der Waals surface area (Å²) < 4.78 is 9.14. The SMILES string of the molecule is c1ccc(-c2ccc(-c3ccc4c(c3)c3cc(-c5ccc(N(c6ccc(-c7ccccc7)cc6)c6cccc7c6oc6ccccc67)cc5)ccc3n4-c3ccc4c5ccccc5c5ccccc5c4c3)cc2)cc1. The van der Waals surface area contributed by atoms with Crippen molar-refractivity contribution >= 4 is 93.1 Å². The number of anilines is 3. The van der Waals surface area contributed by atoms with Crippen molar-refractivity contribution in [2.45, 2.75) is 0 Å². The van der Waals surface area contributed by atoms with Crippen LogP contribution in [0.15, 0.2) is 283 Å². The summed E-state index contributed by atoms with van der Waals surface area (Å²) in [5.41, 5.74) is 17.7. The predicted molar refractivity (Wildman–Crippen MR) is 317 cm³/mol. The molecule has 75 heavy (non-hydrogen) atoms. The van der Waals surface area contributed by atoms with Crippen LogP contribution in [-0.4, -0.2) is 4.57 Å². The van der Waals surface area contributed by atoms with Gasteiger partial charge in [-0.2, -0.15) is 0 Å². The second-order valence-electron chi connectivity index (χ2n) is 19.6. The Hall–Kier alpha value is -9.96. The summed E-state index contributed by atoms with van der Waals surface area (Å²) in [6, 6.07) is 101. The molecule has 0 radical (unpaired) electrons. The lowest BCUT2D eigenvalue weighted by molar-refractivity contribution is 0.669. The topological polar surface area (TPSA) is 21.3 Å². The van der Waals surface area contributed by atoms with Crippen LogP contribution in [0.25, 0.3) is 126 Å².